The highest BCUT2D eigenvalue weighted by Gasteiger charge is 2.30. The largest absolute Gasteiger partial charge is 0.325 e. The lowest BCUT2D eigenvalue weighted by atomic mass is 10.3. The van der Waals surface area contributed by atoms with E-state index >= 15 is 0 Å². The van der Waals surface area contributed by atoms with Crippen LogP contribution in [0, 0.1) is 0 Å². The number of benzene rings is 2. The summed E-state index contributed by atoms with van der Waals surface area (Å²) in [6, 6.07) is 14.5. The monoisotopic (exact) mass is 375 g/mol. The highest BCUT2D eigenvalue weighted by molar-refractivity contribution is 7.98. The van der Waals surface area contributed by atoms with Gasteiger partial charge in [-0.1, -0.05) is 23.7 Å². The number of urea groups is 1. The van der Waals surface area contributed by atoms with Gasteiger partial charge in [0, 0.05) is 28.7 Å². The van der Waals surface area contributed by atoms with Crippen LogP contribution in [0.15, 0.2) is 53.4 Å². The second kappa shape index (κ2) is 7.80. The highest BCUT2D eigenvalue weighted by atomic mass is 35.5. The maximum atomic E-state index is 12.5. The van der Waals surface area contributed by atoms with Crippen molar-refractivity contribution in [3.8, 4) is 0 Å². The maximum absolute atomic E-state index is 12.5. The van der Waals surface area contributed by atoms with Gasteiger partial charge in [-0.15, -0.1) is 11.8 Å². The van der Waals surface area contributed by atoms with E-state index in [-0.39, 0.29) is 18.5 Å². The number of rotatable bonds is 5. The molecule has 1 saturated heterocycles. The molecule has 5 nitrogen and oxygen atoms in total. The Hall–Kier alpha value is -2.18. The number of carbonyl (C=O) groups is 2. The van der Waals surface area contributed by atoms with Crippen LogP contribution in [-0.2, 0) is 4.79 Å². The summed E-state index contributed by atoms with van der Waals surface area (Å²) < 4.78 is 0. The molecule has 1 N–H and O–H groups in total. The molecule has 0 radical (unpaired) electrons. The summed E-state index contributed by atoms with van der Waals surface area (Å²) in [5, 5.41) is 3.51. The average molecular weight is 376 g/mol. The summed E-state index contributed by atoms with van der Waals surface area (Å²) in [4.78, 5) is 29.0. The number of thioether (sulfide) groups is 1. The minimum Gasteiger partial charge on any atom is -0.324 e. The van der Waals surface area contributed by atoms with Gasteiger partial charge in [0.1, 0.15) is 6.54 Å². The van der Waals surface area contributed by atoms with E-state index in [0.717, 1.165) is 16.3 Å². The Morgan fingerprint density at radius 1 is 1.16 bits per heavy atom. The van der Waals surface area contributed by atoms with Gasteiger partial charge in [-0.25, -0.2) is 4.79 Å². The summed E-state index contributed by atoms with van der Waals surface area (Å²) in [6.45, 7) is 1.10. The number of para-hydroxylation sites is 1. The van der Waals surface area contributed by atoms with Crippen molar-refractivity contribution in [1.82, 2.24) is 4.90 Å². The van der Waals surface area contributed by atoms with E-state index in [0.29, 0.717) is 18.1 Å². The van der Waals surface area contributed by atoms with Gasteiger partial charge < -0.3 is 10.2 Å². The van der Waals surface area contributed by atoms with E-state index in [1.165, 1.54) is 0 Å². The lowest BCUT2D eigenvalue weighted by Gasteiger charge is -2.19. The number of halogens is 1. The first kappa shape index (κ1) is 17.6. The van der Waals surface area contributed by atoms with Gasteiger partial charge in [0.2, 0.25) is 5.91 Å². The maximum Gasteiger partial charge on any atom is 0.325 e. The fourth-order valence-electron chi connectivity index (χ4n) is 2.70. The summed E-state index contributed by atoms with van der Waals surface area (Å²) >= 11 is 7.45. The predicted molar refractivity (Wildman–Crippen MR) is 103 cm³/mol. The number of hydrogen-bond donors (Lipinski definition) is 1. The van der Waals surface area contributed by atoms with Gasteiger partial charge in [-0.05, 0) is 42.7 Å². The van der Waals surface area contributed by atoms with Gasteiger partial charge in [0.15, 0.2) is 0 Å². The van der Waals surface area contributed by atoms with Crippen molar-refractivity contribution in [3.05, 3.63) is 53.6 Å². The topological polar surface area (TPSA) is 52.7 Å². The molecule has 0 saturated carbocycles. The molecular formula is C18H18ClN3O2S. The van der Waals surface area contributed by atoms with E-state index in [4.69, 9.17) is 11.6 Å². The van der Waals surface area contributed by atoms with Crippen molar-refractivity contribution < 1.29 is 9.59 Å². The Morgan fingerprint density at radius 3 is 2.60 bits per heavy atom. The molecule has 7 heteroatoms. The van der Waals surface area contributed by atoms with E-state index in [2.05, 4.69) is 5.32 Å². The molecule has 1 fully saturated rings. The van der Waals surface area contributed by atoms with Gasteiger partial charge in [0.05, 0.1) is 5.69 Å². The lowest BCUT2D eigenvalue weighted by Crippen LogP contribution is -2.37. The van der Waals surface area contributed by atoms with Crippen LogP contribution in [0.4, 0.5) is 16.2 Å². The molecule has 0 aliphatic carbocycles. The number of hydrogen-bond acceptors (Lipinski definition) is 3. The van der Waals surface area contributed by atoms with Crippen molar-refractivity contribution in [1.29, 1.82) is 0 Å². The molecule has 0 bridgehead atoms. The first-order valence-electron chi connectivity index (χ1n) is 7.83. The van der Waals surface area contributed by atoms with Crippen molar-refractivity contribution in [3.63, 3.8) is 0 Å². The van der Waals surface area contributed by atoms with E-state index < -0.39 is 0 Å². The second-order valence-electron chi connectivity index (χ2n) is 5.58. The Kier molecular flexibility index (Phi) is 5.50. The van der Waals surface area contributed by atoms with E-state index in [1.807, 2.05) is 30.5 Å². The first-order valence-corrected chi connectivity index (χ1v) is 9.43. The minimum absolute atomic E-state index is 0.0334. The van der Waals surface area contributed by atoms with Crippen LogP contribution in [0.25, 0.3) is 0 Å². The summed E-state index contributed by atoms with van der Waals surface area (Å²) in [7, 11) is 0. The van der Waals surface area contributed by atoms with Crippen molar-refractivity contribution in [2.45, 2.75) is 4.90 Å². The number of amides is 3. The molecule has 1 aliphatic heterocycles. The van der Waals surface area contributed by atoms with Gasteiger partial charge in [-0.2, -0.15) is 0 Å². The molecule has 0 atom stereocenters. The molecule has 3 rings (SSSR count). The first-order chi connectivity index (χ1) is 12.1. The predicted octanol–water partition coefficient (Wildman–Crippen LogP) is 3.94. The highest BCUT2D eigenvalue weighted by Crippen LogP contribution is 2.25. The van der Waals surface area contributed by atoms with Gasteiger partial charge in [0.25, 0.3) is 0 Å². The SMILES string of the molecule is CSc1ccccc1NC(=O)CN1CCN(c2ccc(Cl)cc2)C1=O. The summed E-state index contributed by atoms with van der Waals surface area (Å²) in [5.74, 6) is -0.201. The van der Waals surface area contributed by atoms with Gasteiger partial charge in [-0.3, -0.25) is 9.69 Å². The lowest BCUT2D eigenvalue weighted by molar-refractivity contribution is -0.116. The van der Waals surface area contributed by atoms with Crippen LogP contribution >= 0.6 is 23.4 Å². The number of nitrogens with one attached hydrogen (secondary N) is 1. The minimum atomic E-state index is -0.201. The molecule has 2 aromatic rings. The Morgan fingerprint density at radius 2 is 1.88 bits per heavy atom. The fraction of sp³-hybridized carbons (Fsp3) is 0.222. The van der Waals surface area contributed by atoms with Gasteiger partial charge >= 0.3 is 6.03 Å². The van der Waals surface area contributed by atoms with E-state index in [1.54, 1.807) is 45.8 Å². The molecule has 0 spiro atoms. The number of nitrogens with zero attached hydrogens (tertiary/aromatic N) is 2. The molecular weight excluding hydrogens is 358 g/mol. The molecule has 25 heavy (non-hydrogen) atoms. The van der Waals surface area contributed by atoms with E-state index in [9.17, 15) is 9.59 Å². The van der Waals surface area contributed by atoms with Crippen LogP contribution in [0.3, 0.4) is 0 Å². The Labute approximate surface area is 155 Å². The zero-order valence-corrected chi connectivity index (χ0v) is 15.3. The molecule has 3 amide bonds. The standard InChI is InChI=1S/C18H18ClN3O2S/c1-25-16-5-3-2-4-15(16)20-17(23)12-21-10-11-22(18(21)24)14-8-6-13(19)7-9-14/h2-9H,10-12H2,1H3,(H,20,23). The second-order valence-corrected chi connectivity index (χ2v) is 6.87. The quantitative estimate of drug-likeness (QED) is 0.805. The third-order valence-corrected chi connectivity index (χ3v) is 5.00. The van der Waals surface area contributed by atoms with Crippen LogP contribution in [0.5, 0.6) is 0 Å². The molecule has 1 heterocycles. The molecule has 1 aliphatic rings. The zero-order valence-electron chi connectivity index (χ0n) is 13.7. The molecule has 0 unspecified atom stereocenters. The molecule has 0 aromatic heterocycles. The third kappa shape index (κ3) is 4.08. The van der Waals surface area contributed by atoms with Crippen LogP contribution in [-0.4, -0.2) is 42.7 Å². The zero-order chi connectivity index (χ0) is 17.8. The van der Waals surface area contributed by atoms with Crippen molar-refractivity contribution in [2.75, 3.05) is 36.1 Å². The Bertz CT molecular complexity index is 782. The Balaban J connectivity index is 1.62. The van der Waals surface area contributed by atoms with Crippen molar-refractivity contribution >= 4 is 46.7 Å². The number of carbonyl (C=O) groups excluding carboxylic acids is 2. The van der Waals surface area contributed by atoms with Crippen LogP contribution < -0.4 is 10.2 Å². The van der Waals surface area contributed by atoms with Crippen molar-refractivity contribution in [2.24, 2.45) is 0 Å². The summed E-state index contributed by atoms with van der Waals surface area (Å²) in [5.41, 5.74) is 1.55. The fourth-order valence-corrected chi connectivity index (χ4v) is 3.38. The smallest absolute Gasteiger partial charge is 0.324 e. The average Bonchev–Trinajstić information content (AvgIpc) is 2.97. The summed E-state index contributed by atoms with van der Waals surface area (Å²) in [6.07, 6.45) is 1.96. The third-order valence-electron chi connectivity index (χ3n) is 3.95. The number of anilines is 2. The molecule has 130 valence electrons. The van der Waals surface area contributed by atoms with Crippen LogP contribution in [0.2, 0.25) is 5.02 Å². The molecule has 2 aromatic carbocycles. The van der Waals surface area contributed by atoms with Crippen LogP contribution in [0.1, 0.15) is 0 Å². The normalized spacial score (nSPS) is 14.1.